The van der Waals surface area contributed by atoms with Crippen molar-refractivity contribution >= 4 is 0 Å². The molecule has 1 aromatic rings. The Kier molecular flexibility index (Phi) is 9.52. The molecule has 0 atom stereocenters. The molecule has 0 aliphatic rings. The molecule has 138 valence electrons. The van der Waals surface area contributed by atoms with Gasteiger partial charge in [0.25, 0.3) is 0 Å². The molecule has 0 radical (unpaired) electrons. The van der Waals surface area contributed by atoms with Gasteiger partial charge in [0.2, 0.25) is 0 Å². The summed E-state index contributed by atoms with van der Waals surface area (Å²) >= 11 is 0. The van der Waals surface area contributed by atoms with Crippen molar-refractivity contribution in [2.45, 2.75) is 46.5 Å². The number of benzene rings is 1. The van der Waals surface area contributed by atoms with Gasteiger partial charge in [0.05, 0.1) is 57.9 Å². The molecule has 0 saturated heterocycles. The lowest BCUT2D eigenvalue weighted by atomic mass is 10.1. The van der Waals surface area contributed by atoms with Gasteiger partial charge in [0, 0.05) is 0 Å². The number of rotatable bonds is 12. The minimum absolute atomic E-state index is 0.00872. The molecule has 1 N–H and O–H groups in total. The molecule has 0 bridgehead atoms. The zero-order valence-corrected chi connectivity index (χ0v) is 15.3. The van der Waals surface area contributed by atoms with Crippen molar-refractivity contribution in [3.8, 4) is 17.2 Å². The zero-order chi connectivity index (χ0) is 17.9. The van der Waals surface area contributed by atoms with Gasteiger partial charge in [0.1, 0.15) is 5.75 Å². The van der Waals surface area contributed by atoms with Crippen LogP contribution >= 0.6 is 0 Å². The van der Waals surface area contributed by atoms with Crippen LogP contribution < -0.4 is 14.2 Å². The Morgan fingerprint density at radius 2 is 1.46 bits per heavy atom. The summed E-state index contributed by atoms with van der Waals surface area (Å²) in [5, 5.41) is 8.68. The van der Waals surface area contributed by atoms with Crippen LogP contribution in [0.15, 0.2) is 12.1 Å². The van der Waals surface area contributed by atoms with Gasteiger partial charge >= 0.3 is 0 Å². The van der Waals surface area contributed by atoms with E-state index >= 15 is 0 Å². The number of hydrogen-bond donors (Lipinski definition) is 1. The molecule has 24 heavy (non-hydrogen) atoms. The first kappa shape index (κ1) is 20.5. The average molecular weight is 342 g/mol. The molecule has 0 unspecified atom stereocenters. The van der Waals surface area contributed by atoms with E-state index in [2.05, 4.69) is 0 Å². The second-order valence-electron chi connectivity index (χ2n) is 5.80. The van der Waals surface area contributed by atoms with Crippen molar-refractivity contribution in [3.63, 3.8) is 0 Å². The van der Waals surface area contributed by atoms with E-state index in [1.807, 2.05) is 39.8 Å². The van der Waals surface area contributed by atoms with Crippen molar-refractivity contribution in [3.05, 3.63) is 17.7 Å². The van der Waals surface area contributed by atoms with Crippen molar-refractivity contribution in [2.24, 2.45) is 0 Å². The first-order chi connectivity index (χ1) is 11.5. The monoisotopic (exact) mass is 342 g/mol. The summed E-state index contributed by atoms with van der Waals surface area (Å²) in [6.07, 6.45) is 0.0784. The first-order valence-corrected chi connectivity index (χ1v) is 8.29. The lowest BCUT2D eigenvalue weighted by Crippen LogP contribution is -2.12. The summed E-state index contributed by atoms with van der Waals surface area (Å²) in [4.78, 5) is 0. The van der Waals surface area contributed by atoms with Gasteiger partial charge in [-0.05, 0) is 39.8 Å². The van der Waals surface area contributed by atoms with E-state index in [1.165, 1.54) is 0 Å². The predicted molar refractivity (Wildman–Crippen MR) is 92.1 cm³/mol. The third kappa shape index (κ3) is 6.95. The topological polar surface area (TPSA) is 66.4 Å². The second-order valence-corrected chi connectivity index (χ2v) is 5.80. The Balaban J connectivity index is 2.88. The standard InChI is InChI=1S/C18H30O6/c1-13(2)23-16-6-7-17(24-14(3)4)18(20-5)15(16)12-22-11-10-21-9-8-19/h6-7,13-14,19H,8-12H2,1-5H3. The van der Waals surface area contributed by atoms with E-state index < -0.39 is 0 Å². The van der Waals surface area contributed by atoms with Crippen LogP contribution in [0.1, 0.15) is 33.3 Å². The second kappa shape index (κ2) is 11.1. The van der Waals surface area contributed by atoms with Crippen LogP contribution in [0.3, 0.4) is 0 Å². The fourth-order valence-corrected chi connectivity index (χ4v) is 2.12. The molecule has 0 saturated carbocycles. The third-order valence-corrected chi connectivity index (χ3v) is 2.96. The molecule has 0 spiro atoms. The maximum atomic E-state index is 8.68. The Morgan fingerprint density at radius 3 is 2.04 bits per heavy atom. The molecule has 0 aliphatic heterocycles. The molecular formula is C18H30O6. The lowest BCUT2D eigenvalue weighted by molar-refractivity contribution is 0.0260. The molecule has 0 heterocycles. The largest absolute Gasteiger partial charge is 0.492 e. The molecule has 0 aliphatic carbocycles. The van der Waals surface area contributed by atoms with Gasteiger partial charge in [-0.25, -0.2) is 0 Å². The fourth-order valence-electron chi connectivity index (χ4n) is 2.12. The van der Waals surface area contributed by atoms with Crippen LogP contribution in [0.5, 0.6) is 17.2 Å². The van der Waals surface area contributed by atoms with Crippen LogP contribution in [-0.2, 0) is 16.1 Å². The predicted octanol–water partition coefficient (Wildman–Crippen LogP) is 2.80. The Morgan fingerprint density at radius 1 is 0.875 bits per heavy atom. The molecule has 1 aromatic carbocycles. The number of ether oxygens (including phenoxy) is 5. The highest BCUT2D eigenvalue weighted by atomic mass is 16.5. The molecule has 6 heteroatoms. The zero-order valence-electron chi connectivity index (χ0n) is 15.3. The van der Waals surface area contributed by atoms with Crippen LogP contribution in [0.25, 0.3) is 0 Å². The average Bonchev–Trinajstić information content (AvgIpc) is 2.51. The van der Waals surface area contributed by atoms with E-state index in [0.29, 0.717) is 43.7 Å². The maximum absolute atomic E-state index is 8.68. The molecule has 0 fully saturated rings. The van der Waals surface area contributed by atoms with Crippen LogP contribution in [0.2, 0.25) is 0 Å². The summed E-state index contributed by atoms with van der Waals surface area (Å²) in [6.45, 7) is 9.35. The summed E-state index contributed by atoms with van der Waals surface area (Å²) in [6, 6.07) is 3.73. The SMILES string of the molecule is COc1c(OC(C)C)ccc(OC(C)C)c1COCCOCCO. The highest BCUT2D eigenvalue weighted by Crippen LogP contribution is 2.39. The van der Waals surface area contributed by atoms with Gasteiger partial charge in [0.15, 0.2) is 11.5 Å². The lowest BCUT2D eigenvalue weighted by Gasteiger charge is -2.21. The highest BCUT2D eigenvalue weighted by Gasteiger charge is 2.18. The molecule has 0 amide bonds. The van der Waals surface area contributed by atoms with Crippen molar-refractivity contribution in [1.82, 2.24) is 0 Å². The van der Waals surface area contributed by atoms with Crippen LogP contribution in [0.4, 0.5) is 0 Å². The van der Waals surface area contributed by atoms with E-state index in [9.17, 15) is 0 Å². The minimum Gasteiger partial charge on any atom is -0.492 e. The number of methoxy groups -OCH3 is 1. The number of aliphatic hydroxyl groups is 1. The van der Waals surface area contributed by atoms with Crippen molar-refractivity contribution < 1.29 is 28.8 Å². The Bertz CT molecular complexity index is 473. The maximum Gasteiger partial charge on any atom is 0.169 e. The molecule has 6 nitrogen and oxygen atoms in total. The summed E-state index contributed by atoms with van der Waals surface area (Å²) in [5.41, 5.74) is 0.812. The quantitative estimate of drug-likeness (QED) is 0.589. The van der Waals surface area contributed by atoms with E-state index in [4.69, 9.17) is 28.8 Å². The van der Waals surface area contributed by atoms with Gasteiger partial charge < -0.3 is 28.8 Å². The third-order valence-electron chi connectivity index (χ3n) is 2.96. The summed E-state index contributed by atoms with van der Waals surface area (Å²) < 4.78 is 28.1. The molecule has 1 rings (SSSR count). The normalized spacial score (nSPS) is 11.2. The van der Waals surface area contributed by atoms with Gasteiger partial charge in [-0.15, -0.1) is 0 Å². The van der Waals surface area contributed by atoms with E-state index in [1.54, 1.807) is 7.11 Å². The first-order valence-electron chi connectivity index (χ1n) is 8.29. The minimum atomic E-state index is 0.00872. The summed E-state index contributed by atoms with van der Waals surface area (Å²) in [5.74, 6) is 2.01. The summed E-state index contributed by atoms with van der Waals surface area (Å²) in [7, 11) is 1.61. The molecular weight excluding hydrogens is 312 g/mol. The van der Waals surface area contributed by atoms with Crippen LogP contribution in [0, 0.1) is 0 Å². The van der Waals surface area contributed by atoms with E-state index in [0.717, 1.165) is 5.56 Å². The van der Waals surface area contributed by atoms with Gasteiger partial charge in [-0.1, -0.05) is 0 Å². The van der Waals surface area contributed by atoms with Gasteiger partial charge in [-0.3, -0.25) is 0 Å². The Hall–Kier alpha value is -1.50. The number of aliphatic hydroxyl groups excluding tert-OH is 1. The Labute approximate surface area is 144 Å². The van der Waals surface area contributed by atoms with Crippen LogP contribution in [-0.4, -0.2) is 50.9 Å². The smallest absolute Gasteiger partial charge is 0.169 e. The highest BCUT2D eigenvalue weighted by molar-refractivity contribution is 5.53. The van der Waals surface area contributed by atoms with Gasteiger partial charge in [-0.2, -0.15) is 0 Å². The molecule has 0 aromatic heterocycles. The van der Waals surface area contributed by atoms with Crippen molar-refractivity contribution in [1.29, 1.82) is 0 Å². The van der Waals surface area contributed by atoms with E-state index in [-0.39, 0.29) is 18.8 Å². The number of hydrogen-bond acceptors (Lipinski definition) is 6. The van der Waals surface area contributed by atoms with Crippen molar-refractivity contribution in [2.75, 3.05) is 33.5 Å². The fraction of sp³-hybridized carbons (Fsp3) is 0.667.